The van der Waals surface area contributed by atoms with Crippen LogP contribution in [-0.2, 0) is 14.6 Å². The maximum Gasteiger partial charge on any atom is 0.224 e. The summed E-state index contributed by atoms with van der Waals surface area (Å²) in [4.78, 5) is 11.4. The molecular weight excluding hydrogens is 250 g/mol. The molecule has 2 N–H and O–H groups in total. The third-order valence-corrected chi connectivity index (χ3v) is 5.22. The number of carbonyl (C=O) groups is 1. The van der Waals surface area contributed by atoms with Gasteiger partial charge in [-0.3, -0.25) is 4.79 Å². The molecule has 1 unspecified atom stereocenters. The van der Waals surface area contributed by atoms with Gasteiger partial charge in [0.25, 0.3) is 0 Å². The summed E-state index contributed by atoms with van der Waals surface area (Å²) in [6.45, 7) is 1.70. The lowest BCUT2D eigenvalue weighted by molar-refractivity contribution is -0.119. The van der Waals surface area contributed by atoms with Gasteiger partial charge in [-0.05, 0) is 43.4 Å². The molecule has 0 heterocycles. The van der Waals surface area contributed by atoms with E-state index in [1.807, 2.05) is 0 Å². The minimum absolute atomic E-state index is 0.234. The van der Waals surface area contributed by atoms with Crippen molar-refractivity contribution in [3.63, 3.8) is 0 Å². The largest absolute Gasteiger partial charge is 0.369 e. The van der Waals surface area contributed by atoms with E-state index in [2.05, 4.69) is 0 Å². The molecule has 1 aromatic rings. The van der Waals surface area contributed by atoms with Crippen LogP contribution >= 0.6 is 0 Å². The minimum Gasteiger partial charge on any atom is -0.369 e. The highest BCUT2D eigenvalue weighted by atomic mass is 32.2. The van der Waals surface area contributed by atoms with Gasteiger partial charge in [-0.1, -0.05) is 12.1 Å². The first kappa shape index (κ1) is 13.1. The number of rotatable bonds is 5. The van der Waals surface area contributed by atoms with E-state index in [9.17, 15) is 13.2 Å². The van der Waals surface area contributed by atoms with Crippen molar-refractivity contribution in [2.24, 2.45) is 11.7 Å². The molecule has 4 nitrogen and oxygen atoms in total. The van der Waals surface area contributed by atoms with Crippen LogP contribution in [0.2, 0.25) is 0 Å². The molecule has 0 aliphatic heterocycles. The molecule has 18 heavy (non-hydrogen) atoms. The van der Waals surface area contributed by atoms with Crippen LogP contribution in [0.1, 0.15) is 31.2 Å². The summed E-state index contributed by atoms with van der Waals surface area (Å²) in [5.74, 6) is -0.245. The van der Waals surface area contributed by atoms with Crippen LogP contribution in [0.5, 0.6) is 0 Å². The maximum absolute atomic E-state index is 12.0. The fourth-order valence-electron chi connectivity index (χ4n) is 1.82. The molecule has 0 spiro atoms. The number of sulfone groups is 1. The standard InChI is InChI=1S/C13H17NO3S/c1-9(13(14)15)11-4-6-12(7-5-11)18(16,17)8-10-2-3-10/h4-7,9-10H,2-3,8H2,1H3,(H2,14,15). The molecule has 98 valence electrons. The van der Waals surface area contributed by atoms with Gasteiger partial charge in [0, 0.05) is 0 Å². The van der Waals surface area contributed by atoms with Gasteiger partial charge in [0.2, 0.25) is 5.91 Å². The zero-order valence-corrected chi connectivity index (χ0v) is 11.1. The van der Waals surface area contributed by atoms with E-state index < -0.39 is 21.7 Å². The van der Waals surface area contributed by atoms with E-state index >= 15 is 0 Å². The summed E-state index contributed by atoms with van der Waals surface area (Å²) >= 11 is 0. The zero-order valence-electron chi connectivity index (χ0n) is 10.3. The van der Waals surface area contributed by atoms with Crippen LogP contribution < -0.4 is 5.73 Å². The molecule has 1 aliphatic rings. The molecule has 1 aromatic carbocycles. The van der Waals surface area contributed by atoms with Crippen molar-refractivity contribution in [3.8, 4) is 0 Å². The summed E-state index contributed by atoms with van der Waals surface area (Å²) in [5, 5.41) is 0. The summed E-state index contributed by atoms with van der Waals surface area (Å²) in [7, 11) is -3.18. The van der Waals surface area contributed by atoms with Gasteiger partial charge in [-0.2, -0.15) is 0 Å². The Morgan fingerprint density at radius 2 is 1.89 bits per heavy atom. The lowest BCUT2D eigenvalue weighted by Crippen LogP contribution is -2.18. The Bertz CT molecular complexity index is 544. The normalized spacial score (nSPS) is 17.4. The quantitative estimate of drug-likeness (QED) is 0.877. The van der Waals surface area contributed by atoms with Gasteiger partial charge in [0.05, 0.1) is 16.6 Å². The van der Waals surface area contributed by atoms with Gasteiger partial charge < -0.3 is 5.73 Å². The third kappa shape index (κ3) is 2.90. The smallest absolute Gasteiger partial charge is 0.224 e. The lowest BCUT2D eigenvalue weighted by atomic mass is 10.0. The van der Waals surface area contributed by atoms with E-state index in [1.165, 1.54) is 0 Å². The van der Waals surface area contributed by atoms with E-state index in [1.54, 1.807) is 31.2 Å². The molecular formula is C13H17NO3S. The van der Waals surface area contributed by atoms with Crippen molar-refractivity contribution in [2.45, 2.75) is 30.6 Å². The molecule has 0 radical (unpaired) electrons. The Labute approximate surface area is 107 Å². The molecule has 1 atom stereocenters. The number of benzene rings is 1. The molecule has 0 aromatic heterocycles. The van der Waals surface area contributed by atoms with Gasteiger partial charge >= 0.3 is 0 Å². The predicted octanol–water partition coefficient (Wildman–Crippen LogP) is 1.46. The topological polar surface area (TPSA) is 77.2 Å². The van der Waals surface area contributed by atoms with Gasteiger partial charge in [-0.15, -0.1) is 0 Å². The molecule has 2 rings (SSSR count). The van der Waals surface area contributed by atoms with Gasteiger partial charge in [0.15, 0.2) is 9.84 Å². The number of nitrogens with two attached hydrogens (primary N) is 1. The second-order valence-corrected chi connectivity index (χ2v) is 6.95. The van der Waals surface area contributed by atoms with Gasteiger partial charge in [0.1, 0.15) is 0 Å². The van der Waals surface area contributed by atoms with Crippen molar-refractivity contribution in [2.75, 3.05) is 5.75 Å². The van der Waals surface area contributed by atoms with Crippen molar-refractivity contribution < 1.29 is 13.2 Å². The number of amides is 1. The first-order valence-electron chi connectivity index (χ1n) is 6.02. The predicted molar refractivity (Wildman–Crippen MR) is 68.8 cm³/mol. The van der Waals surface area contributed by atoms with Crippen LogP contribution in [0.3, 0.4) is 0 Å². The van der Waals surface area contributed by atoms with Crippen molar-refractivity contribution in [1.29, 1.82) is 0 Å². The van der Waals surface area contributed by atoms with Crippen LogP contribution in [0.25, 0.3) is 0 Å². The molecule has 1 amide bonds. The average molecular weight is 267 g/mol. The summed E-state index contributed by atoms with van der Waals surface area (Å²) in [6.07, 6.45) is 2.02. The molecule has 1 aliphatic carbocycles. The highest BCUT2D eigenvalue weighted by Crippen LogP contribution is 2.32. The van der Waals surface area contributed by atoms with Crippen LogP contribution in [0, 0.1) is 5.92 Å². The zero-order chi connectivity index (χ0) is 13.3. The monoisotopic (exact) mass is 267 g/mol. The Balaban J connectivity index is 2.18. The molecule has 1 saturated carbocycles. The second kappa shape index (κ2) is 4.72. The Morgan fingerprint density at radius 3 is 2.33 bits per heavy atom. The average Bonchev–Trinajstić information content (AvgIpc) is 3.11. The van der Waals surface area contributed by atoms with E-state index in [0.29, 0.717) is 10.8 Å². The fraction of sp³-hybridized carbons (Fsp3) is 0.462. The van der Waals surface area contributed by atoms with E-state index in [-0.39, 0.29) is 5.75 Å². The van der Waals surface area contributed by atoms with Crippen molar-refractivity contribution in [3.05, 3.63) is 29.8 Å². The van der Waals surface area contributed by atoms with Crippen LogP contribution in [0.15, 0.2) is 29.2 Å². The highest BCUT2D eigenvalue weighted by molar-refractivity contribution is 7.91. The van der Waals surface area contributed by atoms with Crippen molar-refractivity contribution in [1.82, 2.24) is 0 Å². The third-order valence-electron chi connectivity index (χ3n) is 3.32. The van der Waals surface area contributed by atoms with Crippen LogP contribution in [-0.4, -0.2) is 20.1 Å². The first-order valence-corrected chi connectivity index (χ1v) is 7.67. The van der Waals surface area contributed by atoms with Crippen LogP contribution in [0.4, 0.5) is 0 Å². The summed E-state index contributed by atoms with van der Waals surface area (Å²) < 4.78 is 24.0. The summed E-state index contributed by atoms with van der Waals surface area (Å²) in [5.41, 5.74) is 5.95. The highest BCUT2D eigenvalue weighted by Gasteiger charge is 2.29. The molecule has 5 heteroatoms. The molecule has 0 saturated heterocycles. The fourth-order valence-corrected chi connectivity index (χ4v) is 3.52. The lowest BCUT2D eigenvalue weighted by Gasteiger charge is -2.09. The Kier molecular flexibility index (Phi) is 3.43. The van der Waals surface area contributed by atoms with Gasteiger partial charge in [-0.25, -0.2) is 8.42 Å². The van der Waals surface area contributed by atoms with E-state index in [4.69, 9.17) is 5.73 Å². The second-order valence-electron chi connectivity index (χ2n) is 4.92. The molecule has 0 bridgehead atoms. The summed E-state index contributed by atoms with van der Waals surface area (Å²) in [6, 6.07) is 6.45. The number of hydrogen-bond donors (Lipinski definition) is 1. The SMILES string of the molecule is CC(C(N)=O)c1ccc(S(=O)(=O)CC2CC2)cc1. The first-order chi connectivity index (χ1) is 8.40. The number of primary amides is 1. The van der Waals surface area contributed by atoms with E-state index in [0.717, 1.165) is 18.4 Å². The minimum atomic E-state index is -3.18. The Morgan fingerprint density at radius 1 is 1.33 bits per heavy atom. The number of hydrogen-bond acceptors (Lipinski definition) is 3. The van der Waals surface area contributed by atoms with Crippen molar-refractivity contribution >= 4 is 15.7 Å². The number of carbonyl (C=O) groups excluding carboxylic acids is 1. The molecule has 1 fully saturated rings. The Hall–Kier alpha value is -1.36. The maximum atomic E-state index is 12.0.